The van der Waals surface area contributed by atoms with Gasteiger partial charge in [-0.1, -0.05) is 0 Å². The molecule has 33 heavy (non-hydrogen) atoms. The normalized spacial score (nSPS) is 15.1. The van der Waals surface area contributed by atoms with Crippen molar-refractivity contribution in [2.75, 3.05) is 11.9 Å². The lowest BCUT2D eigenvalue weighted by Crippen LogP contribution is -2.28. The SMILES string of the molecule is Cn1nccc1CNC(=O)OCC1CCc2c(sc(NC(=O)/C=C/c3ccoc3)c2C#N)C1. The maximum Gasteiger partial charge on any atom is 0.407 e. The van der Waals surface area contributed by atoms with Crippen LogP contribution in [-0.2, 0) is 36.0 Å². The van der Waals surface area contributed by atoms with Crippen molar-refractivity contribution < 1.29 is 18.7 Å². The smallest absolute Gasteiger partial charge is 0.407 e. The molecule has 3 aromatic heterocycles. The Morgan fingerprint density at radius 3 is 3.06 bits per heavy atom. The number of anilines is 1. The molecule has 1 unspecified atom stereocenters. The third-order valence-corrected chi connectivity index (χ3v) is 6.64. The van der Waals surface area contributed by atoms with Crippen molar-refractivity contribution in [2.24, 2.45) is 13.0 Å². The molecule has 1 aliphatic carbocycles. The van der Waals surface area contributed by atoms with Crippen LogP contribution in [0, 0.1) is 17.2 Å². The summed E-state index contributed by atoms with van der Waals surface area (Å²) < 4.78 is 12.1. The molecule has 0 saturated carbocycles. The Bertz CT molecular complexity index is 1200. The molecule has 3 aromatic rings. The van der Waals surface area contributed by atoms with E-state index < -0.39 is 6.09 Å². The molecule has 3 heterocycles. The van der Waals surface area contributed by atoms with Crippen molar-refractivity contribution in [2.45, 2.75) is 25.8 Å². The zero-order chi connectivity index (χ0) is 23.2. The van der Waals surface area contributed by atoms with Crippen molar-refractivity contribution in [3.05, 3.63) is 64.2 Å². The largest absolute Gasteiger partial charge is 0.472 e. The molecule has 9 nitrogen and oxygen atoms in total. The van der Waals surface area contributed by atoms with Gasteiger partial charge >= 0.3 is 6.09 Å². The second kappa shape index (κ2) is 10.2. The zero-order valence-electron chi connectivity index (χ0n) is 18.0. The number of hydrogen-bond donors (Lipinski definition) is 2. The molecule has 4 rings (SSSR count). The van der Waals surface area contributed by atoms with Crippen LogP contribution in [0.5, 0.6) is 0 Å². The van der Waals surface area contributed by atoms with Crippen molar-refractivity contribution in [3.63, 3.8) is 0 Å². The van der Waals surface area contributed by atoms with Gasteiger partial charge in [0.25, 0.3) is 0 Å². The number of ether oxygens (including phenoxy) is 1. The number of rotatable bonds is 7. The van der Waals surface area contributed by atoms with Gasteiger partial charge in [-0.2, -0.15) is 10.4 Å². The fraction of sp³-hybridized carbons (Fsp3) is 0.304. The second-order valence-corrected chi connectivity index (χ2v) is 8.81. The van der Waals surface area contributed by atoms with E-state index in [1.807, 2.05) is 13.1 Å². The van der Waals surface area contributed by atoms with E-state index in [0.29, 0.717) is 36.6 Å². The van der Waals surface area contributed by atoms with Crippen LogP contribution in [0.2, 0.25) is 0 Å². The molecule has 2 N–H and O–H groups in total. The Labute approximate surface area is 194 Å². The number of nitrogens with one attached hydrogen (secondary N) is 2. The number of nitriles is 1. The van der Waals surface area contributed by atoms with Gasteiger partial charge in [-0.15, -0.1) is 11.3 Å². The summed E-state index contributed by atoms with van der Waals surface area (Å²) in [5.41, 5.74) is 3.16. The van der Waals surface area contributed by atoms with Crippen LogP contribution in [0.15, 0.2) is 41.3 Å². The van der Waals surface area contributed by atoms with E-state index in [2.05, 4.69) is 21.8 Å². The van der Waals surface area contributed by atoms with E-state index in [0.717, 1.165) is 28.1 Å². The molecule has 10 heteroatoms. The van der Waals surface area contributed by atoms with E-state index in [9.17, 15) is 14.9 Å². The Morgan fingerprint density at radius 1 is 1.45 bits per heavy atom. The monoisotopic (exact) mass is 465 g/mol. The van der Waals surface area contributed by atoms with Gasteiger partial charge in [0.2, 0.25) is 5.91 Å². The summed E-state index contributed by atoms with van der Waals surface area (Å²) in [4.78, 5) is 25.4. The summed E-state index contributed by atoms with van der Waals surface area (Å²) in [5, 5.41) is 19.8. The highest BCUT2D eigenvalue weighted by molar-refractivity contribution is 7.16. The van der Waals surface area contributed by atoms with Gasteiger partial charge in [-0.3, -0.25) is 9.48 Å². The van der Waals surface area contributed by atoms with E-state index in [1.54, 1.807) is 23.0 Å². The van der Waals surface area contributed by atoms with Crippen LogP contribution in [0.25, 0.3) is 6.08 Å². The van der Waals surface area contributed by atoms with Crippen LogP contribution in [0.3, 0.4) is 0 Å². The number of thiophene rings is 1. The standard InChI is InChI=1S/C23H23N5O4S/c1-28-17(6-8-26-28)12-25-23(30)32-14-16-2-4-18-19(11-24)22(33-20(18)10-16)27-21(29)5-3-15-7-9-31-13-15/h3,5-9,13,16H,2,4,10,12,14H2,1H3,(H,25,30)(H,27,29)/b5-3+. The summed E-state index contributed by atoms with van der Waals surface area (Å²) in [6, 6.07) is 5.81. The lowest BCUT2D eigenvalue weighted by molar-refractivity contribution is -0.111. The Kier molecular flexibility index (Phi) is 6.90. The minimum Gasteiger partial charge on any atom is -0.472 e. The molecule has 0 saturated heterocycles. The molecule has 1 aliphatic rings. The first kappa shape index (κ1) is 22.4. The molecule has 0 radical (unpaired) electrons. The van der Waals surface area contributed by atoms with Gasteiger partial charge in [-0.05, 0) is 49.0 Å². The molecule has 170 valence electrons. The van der Waals surface area contributed by atoms with E-state index >= 15 is 0 Å². The second-order valence-electron chi connectivity index (χ2n) is 7.71. The minimum absolute atomic E-state index is 0.162. The number of carbonyl (C=O) groups is 2. The lowest BCUT2D eigenvalue weighted by atomic mass is 9.88. The topological polar surface area (TPSA) is 122 Å². The van der Waals surface area contributed by atoms with Crippen molar-refractivity contribution in [3.8, 4) is 6.07 Å². The fourth-order valence-electron chi connectivity index (χ4n) is 3.68. The van der Waals surface area contributed by atoms with Crippen LogP contribution in [0.4, 0.5) is 9.80 Å². The number of fused-ring (bicyclic) bond motifs is 1. The van der Waals surface area contributed by atoms with Crippen molar-refractivity contribution in [1.29, 1.82) is 5.26 Å². The number of aryl methyl sites for hydroxylation is 1. The van der Waals surface area contributed by atoms with Crippen LogP contribution < -0.4 is 10.6 Å². The number of nitrogens with zero attached hydrogens (tertiary/aromatic N) is 3. The number of carbonyl (C=O) groups excluding carboxylic acids is 2. The Hall–Kier alpha value is -3.84. The lowest BCUT2D eigenvalue weighted by Gasteiger charge is -2.21. The predicted octanol–water partition coefficient (Wildman–Crippen LogP) is 3.63. The number of furan rings is 1. The molecule has 0 bridgehead atoms. The average Bonchev–Trinajstić information content (AvgIpc) is 3.54. The van der Waals surface area contributed by atoms with Crippen LogP contribution in [0.1, 0.15) is 33.7 Å². The number of aromatic nitrogens is 2. The number of amides is 2. The van der Waals surface area contributed by atoms with Crippen LogP contribution >= 0.6 is 11.3 Å². The van der Waals surface area contributed by atoms with Gasteiger partial charge in [-0.25, -0.2) is 4.79 Å². The Balaban J connectivity index is 1.31. The summed E-state index contributed by atoms with van der Waals surface area (Å²) >= 11 is 1.41. The Morgan fingerprint density at radius 2 is 2.33 bits per heavy atom. The molecule has 2 amide bonds. The molecule has 0 spiro atoms. The summed E-state index contributed by atoms with van der Waals surface area (Å²) in [7, 11) is 1.81. The maximum absolute atomic E-state index is 12.3. The molecule has 0 aromatic carbocycles. The highest BCUT2D eigenvalue weighted by Gasteiger charge is 2.27. The van der Waals surface area contributed by atoms with Gasteiger partial charge in [0.05, 0.1) is 36.9 Å². The van der Waals surface area contributed by atoms with E-state index in [4.69, 9.17) is 9.15 Å². The zero-order valence-corrected chi connectivity index (χ0v) is 18.9. The first-order valence-electron chi connectivity index (χ1n) is 10.5. The third-order valence-electron chi connectivity index (χ3n) is 5.47. The van der Waals surface area contributed by atoms with E-state index in [1.165, 1.54) is 29.9 Å². The van der Waals surface area contributed by atoms with Gasteiger partial charge < -0.3 is 19.8 Å². The summed E-state index contributed by atoms with van der Waals surface area (Å²) in [5.74, 6) is -0.147. The van der Waals surface area contributed by atoms with E-state index in [-0.39, 0.29) is 11.8 Å². The van der Waals surface area contributed by atoms with Gasteiger partial charge in [0.15, 0.2) is 0 Å². The molecule has 0 fully saturated rings. The van der Waals surface area contributed by atoms with Gasteiger partial charge in [0.1, 0.15) is 11.1 Å². The quantitative estimate of drug-likeness (QED) is 0.514. The number of alkyl carbamates (subject to hydrolysis) is 1. The third kappa shape index (κ3) is 5.51. The minimum atomic E-state index is -0.469. The summed E-state index contributed by atoms with van der Waals surface area (Å²) in [6.45, 7) is 0.643. The van der Waals surface area contributed by atoms with Gasteiger partial charge in [0, 0.05) is 29.8 Å². The number of hydrogen-bond acceptors (Lipinski definition) is 7. The van der Waals surface area contributed by atoms with Crippen molar-refractivity contribution >= 4 is 34.4 Å². The predicted molar refractivity (Wildman–Crippen MR) is 122 cm³/mol. The highest BCUT2D eigenvalue weighted by atomic mass is 32.1. The summed E-state index contributed by atoms with van der Waals surface area (Å²) in [6.07, 6.45) is 9.54. The molecule has 1 atom stereocenters. The van der Waals surface area contributed by atoms with Crippen LogP contribution in [-0.4, -0.2) is 28.4 Å². The molecule has 0 aliphatic heterocycles. The molecular weight excluding hydrogens is 442 g/mol. The fourth-order valence-corrected chi connectivity index (χ4v) is 5.00. The maximum atomic E-state index is 12.3. The molecular formula is C23H23N5O4S. The highest BCUT2D eigenvalue weighted by Crippen LogP contribution is 2.39. The first-order chi connectivity index (χ1) is 16.0. The first-order valence-corrected chi connectivity index (χ1v) is 11.3. The average molecular weight is 466 g/mol. The van der Waals surface area contributed by atoms with Crippen molar-refractivity contribution in [1.82, 2.24) is 15.1 Å².